The quantitative estimate of drug-likeness (QED) is 0.856. The smallest absolute Gasteiger partial charge is 0.260 e. The second-order valence-corrected chi connectivity index (χ2v) is 5.63. The highest BCUT2D eigenvalue weighted by atomic mass is 79.9. The molecule has 0 radical (unpaired) electrons. The van der Waals surface area contributed by atoms with Gasteiger partial charge in [0.25, 0.3) is 5.91 Å². The van der Waals surface area contributed by atoms with Gasteiger partial charge in [0.15, 0.2) is 6.61 Å². The fraction of sp³-hybridized carbons (Fsp3) is 0.500. The number of carbonyl (C=O) groups excluding carboxylic acids is 1. The lowest BCUT2D eigenvalue weighted by Crippen LogP contribution is -2.49. The highest BCUT2D eigenvalue weighted by Crippen LogP contribution is 2.23. The van der Waals surface area contributed by atoms with E-state index in [2.05, 4.69) is 15.9 Å². The lowest BCUT2D eigenvalue weighted by atomic mass is 10.2. The van der Waals surface area contributed by atoms with Crippen molar-refractivity contribution in [3.8, 4) is 5.75 Å². The Kier molecular flexibility index (Phi) is 4.82. The average Bonchev–Trinajstić information content (AvgIpc) is 2.36. The number of benzene rings is 1. The number of hydrogen-bond donors (Lipinski definition) is 0. The molecule has 1 amide bonds. The second-order valence-electron chi connectivity index (χ2n) is 4.78. The topological polar surface area (TPSA) is 38.8 Å². The van der Waals surface area contributed by atoms with E-state index in [1.165, 1.54) is 0 Å². The van der Waals surface area contributed by atoms with E-state index in [4.69, 9.17) is 9.47 Å². The lowest BCUT2D eigenvalue weighted by Gasteiger charge is -2.35. The molecule has 104 valence electrons. The first kappa shape index (κ1) is 14.3. The van der Waals surface area contributed by atoms with Crippen molar-refractivity contribution in [3.05, 3.63) is 28.7 Å². The van der Waals surface area contributed by atoms with E-state index in [9.17, 15) is 4.79 Å². The first-order chi connectivity index (χ1) is 9.06. The maximum absolute atomic E-state index is 12.1. The van der Waals surface area contributed by atoms with Crippen molar-refractivity contribution < 1.29 is 14.3 Å². The molecule has 1 aliphatic heterocycles. The lowest BCUT2D eigenvalue weighted by molar-refractivity contribution is -0.145. The standard InChI is InChI=1S/C14H18BrNO3/c1-10-7-16(8-11(2)19-10)14(17)9-18-13-6-4-3-5-12(13)15/h3-6,10-11H,7-9H2,1-2H3/t10-,11+. The fourth-order valence-electron chi connectivity index (χ4n) is 2.17. The van der Waals surface area contributed by atoms with Gasteiger partial charge >= 0.3 is 0 Å². The molecule has 0 bridgehead atoms. The second kappa shape index (κ2) is 6.39. The highest BCUT2D eigenvalue weighted by molar-refractivity contribution is 9.10. The third-order valence-corrected chi connectivity index (χ3v) is 3.62. The van der Waals surface area contributed by atoms with Crippen LogP contribution in [0, 0.1) is 0 Å². The zero-order chi connectivity index (χ0) is 13.8. The molecule has 1 fully saturated rings. The van der Waals surface area contributed by atoms with E-state index < -0.39 is 0 Å². The summed E-state index contributed by atoms with van der Waals surface area (Å²) in [6, 6.07) is 7.51. The van der Waals surface area contributed by atoms with Crippen molar-refractivity contribution in [1.82, 2.24) is 4.90 Å². The first-order valence-electron chi connectivity index (χ1n) is 6.37. The summed E-state index contributed by atoms with van der Waals surface area (Å²) >= 11 is 3.39. The summed E-state index contributed by atoms with van der Waals surface area (Å²) in [4.78, 5) is 13.9. The molecule has 19 heavy (non-hydrogen) atoms. The Balaban J connectivity index is 1.89. The minimum absolute atomic E-state index is 0.00208. The van der Waals surface area contributed by atoms with Crippen LogP contribution < -0.4 is 4.74 Å². The Labute approximate surface area is 121 Å². The van der Waals surface area contributed by atoms with Crippen LogP contribution in [0.3, 0.4) is 0 Å². The molecule has 0 unspecified atom stereocenters. The molecule has 1 aliphatic rings. The van der Waals surface area contributed by atoms with E-state index in [-0.39, 0.29) is 24.7 Å². The SMILES string of the molecule is C[C@@H]1CN(C(=O)COc2ccccc2Br)C[C@H](C)O1. The van der Waals surface area contributed by atoms with Gasteiger partial charge in [0.05, 0.1) is 16.7 Å². The average molecular weight is 328 g/mol. The Bertz CT molecular complexity index is 442. The van der Waals surface area contributed by atoms with Crippen LogP contribution in [0.5, 0.6) is 5.75 Å². The number of nitrogens with zero attached hydrogens (tertiary/aromatic N) is 1. The number of rotatable bonds is 3. The van der Waals surface area contributed by atoms with Crippen LogP contribution in [0.15, 0.2) is 28.7 Å². The summed E-state index contributed by atoms with van der Waals surface area (Å²) in [6.07, 6.45) is 0.160. The monoisotopic (exact) mass is 327 g/mol. The van der Waals surface area contributed by atoms with Gasteiger partial charge in [-0.2, -0.15) is 0 Å². The fourth-order valence-corrected chi connectivity index (χ4v) is 2.57. The Morgan fingerprint density at radius 3 is 2.63 bits per heavy atom. The van der Waals surface area contributed by atoms with Crippen LogP contribution in [-0.4, -0.2) is 42.7 Å². The molecule has 2 atom stereocenters. The molecule has 5 heteroatoms. The molecule has 0 N–H and O–H groups in total. The molecule has 0 saturated carbocycles. The Hall–Kier alpha value is -1.07. The summed E-state index contributed by atoms with van der Waals surface area (Å²) in [5.41, 5.74) is 0. The molecule has 1 heterocycles. The summed E-state index contributed by atoms with van der Waals surface area (Å²) in [5.74, 6) is 0.683. The minimum Gasteiger partial charge on any atom is -0.483 e. The van der Waals surface area contributed by atoms with Crippen LogP contribution in [-0.2, 0) is 9.53 Å². The van der Waals surface area contributed by atoms with Crippen molar-refractivity contribution in [2.45, 2.75) is 26.1 Å². The number of hydrogen-bond acceptors (Lipinski definition) is 3. The first-order valence-corrected chi connectivity index (χ1v) is 7.16. The summed E-state index contributed by atoms with van der Waals surface area (Å²) < 4.78 is 12.0. The van der Waals surface area contributed by atoms with Crippen LogP contribution in [0.1, 0.15) is 13.8 Å². The van der Waals surface area contributed by atoms with E-state index in [1.807, 2.05) is 38.1 Å². The van der Waals surface area contributed by atoms with Crippen LogP contribution in [0.25, 0.3) is 0 Å². The number of halogens is 1. The molecule has 0 spiro atoms. The molecule has 4 nitrogen and oxygen atoms in total. The number of ether oxygens (including phenoxy) is 2. The van der Waals surface area contributed by atoms with Gasteiger partial charge in [-0.1, -0.05) is 12.1 Å². The van der Waals surface area contributed by atoms with Gasteiger partial charge in [-0.05, 0) is 41.9 Å². The van der Waals surface area contributed by atoms with Crippen molar-refractivity contribution in [2.75, 3.05) is 19.7 Å². The van der Waals surface area contributed by atoms with Crippen molar-refractivity contribution >= 4 is 21.8 Å². The van der Waals surface area contributed by atoms with Crippen LogP contribution in [0.2, 0.25) is 0 Å². The van der Waals surface area contributed by atoms with Gasteiger partial charge in [-0.15, -0.1) is 0 Å². The maximum atomic E-state index is 12.1. The van der Waals surface area contributed by atoms with Crippen LogP contribution in [0.4, 0.5) is 0 Å². The normalized spacial score (nSPS) is 23.2. The van der Waals surface area contributed by atoms with Gasteiger partial charge < -0.3 is 14.4 Å². The molecule has 2 rings (SSSR count). The van der Waals surface area contributed by atoms with Gasteiger partial charge in [0, 0.05) is 13.1 Å². The van der Waals surface area contributed by atoms with Gasteiger partial charge in [0.1, 0.15) is 5.75 Å². The Morgan fingerprint density at radius 1 is 1.37 bits per heavy atom. The molecule has 1 aromatic carbocycles. The number of morpholine rings is 1. The largest absolute Gasteiger partial charge is 0.483 e. The number of amides is 1. The molecular formula is C14H18BrNO3. The summed E-state index contributed by atoms with van der Waals surface area (Å²) in [7, 11) is 0. The maximum Gasteiger partial charge on any atom is 0.260 e. The zero-order valence-electron chi connectivity index (χ0n) is 11.1. The molecule has 0 aromatic heterocycles. The van der Waals surface area contributed by atoms with Crippen molar-refractivity contribution in [1.29, 1.82) is 0 Å². The van der Waals surface area contributed by atoms with Crippen LogP contribution >= 0.6 is 15.9 Å². The molecule has 1 saturated heterocycles. The predicted octanol–water partition coefficient (Wildman–Crippen LogP) is 2.46. The number of para-hydroxylation sites is 1. The Morgan fingerprint density at radius 2 is 2.00 bits per heavy atom. The molecular weight excluding hydrogens is 310 g/mol. The minimum atomic E-state index is -0.00208. The third-order valence-electron chi connectivity index (χ3n) is 2.96. The highest BCUT2D eigenvalue weighted by Gasteiger charge is 2.26. The molecule has 0 aliphatic carbocycles. The van der Waals surface area contributed by atoms with E-state index >= 15 is 0 Å². The number of carbonyl (C=O) groups is 1. The van der Waals surface area contributed by atoms with Gasteiger partial charge in [-0.25, -0.2) is 0 Å². The summed E-state index contributed by atoms with van der Waals surface area (Å²) in [5, 5.41) is 0. The van der Waals surface area contributed by atoms with E-state index in [1.54, 1.807) is 4.90 Å². The van der Waals surface area contributed by atoms with Crippen molar-refractivity contribution in [2.24, 2.45) is 0 Å². The zero-order valence-corrected chi connectivity index (χ0v) is 12.7. The third kappa shape index (κ3) is 3.94. The van der Waals surface area contributed by atoms with Crippen molar-refractivity contribution in [3.63, 3.8) is 0 Å². The summed E-state index contributed by atoms with van der Waals surface area (Å²) in [6.45, 7) is 5.27. The van der Waals surface area contributed by atoms with Gasteiger partial charge in [-0.3, -0.25) is 4.79 Å². The van der Waals surface area contributed by atoms with Gasteiger partial charge in [0.2, 0.25) is 0 Å². The predicted molar refractivity (Wildman–Crippen MR) is 76.2 cm³/mol. The van der Waals surface area contributed by atoms with E-state index in [0.717, 1.165) is 4.47 Å². The molecule has 1 aromatic rings. The van der Waals surface area contributed by atoms with E-state index in [0.29, 0.717) is 18.8 Å².